The van der Waals surface area contributed by atoms with Crippen molar-refractivity contribution in [1.29, 1.82) is 0 Å². The molecule has 37 heavy (non-hydrogen) atoms. The summed E-state index contributed by atoms with van der Waals surface area (Å²) in [4.78, 5) is 39.8. The summed E-state index contributed by atoms with van der Waals surface area (Å²) >= 11 is 0. The van der Waals surface area contributed by atoms with E-state index in [1.54, 1.807) is 18.2 Å². The Labute approximate surface area is 214 Å². The number of carbonyl (C=O) groups is 3. The minimum absolute atomic E-state index is 0.0250. The highest BCUT2D eigenvalue weighted by Crippen LogP contribution is 2.51. The molecule has 1 aliphatic carbocycles. The number of carbonyl (C=O) groups excluding carboxylic acids is 3. The van der Waals surface area contributed by atoms with Gasteiger partial charge in [0.15, 0.2) is 11.5 Å². The molecule has 198 valence electrons. The first-order chi connectivity index (χ1) is 17.8. The Morgan fingerprint density at radius 3 is 2.70 bits per heavy atom. The summed E-state index contributed by atoms with van der Waals surface area (Å²) in [7, 11) is 1.44. The molecule has 0 fully saturated rings. The van der Waals surface area contributed by atoms with Crippen LogP contribution in [-0.4, -0.2) is 71.7 Å². The number of furan rings is 1. The third-order valence-corrected chi connectivity index (χ3v) is 6.61. The number of hydrogen-bond acceptors (Lipinski definition) is 8. The Kier molecular flexibility index (Phi) is 7.99. The van der Waals surface area contributed by atoms with Crippen molar-refractivity contribution < 1.29 is 38.5 Å². The molecule has 2 heterocycles. The first kappa shape index (κ1) is 26.4. The molecule has 2 amide bonds. The SMILES string of the molecule is COc1cc(C=O)cc2c1O[C@@H]1[C@@H](O)[C@H](N(Cc3ccoc3)C(=O)CC(C)C)C=C(C(=O)NCCO)[C@H]21. The van der Waals surface area contributed by atoms with E-state index in [1.165, 1.54) is 30.6 Å². The second-order valence-corrected chi connectivity index (χ2v) is 9.65. The van der Waals surface area contributed by atoms with Crippen molar-refractivity contribution in [3.63, 3.8) is 0 Å². The number of aldehydes is 1. The molecule has 0 unspecified atom stereocenters. The summed E-state index contributed by atoms with van der Waals surface area (Å²) in [5.41, 5.74) is 1.87. The van der Waals surface area contributed by atoms with E-state index in [0.29, 0.717) is 28.9 Å². The van der Waals surface area contributed by atoms with Crippen molar-refractivity contribution in [2.45, 2.75) is 51.0 Å². The fourth-order valence-electron chi connectivity index (χ4n) is 4.96. The second-order valence-electron chi connectivity index (χ2n) is 9.65. The third-order valence-electron chi connectivity index (χ3n) is 6.61. The molecule has 4 rings (SSSR count). The summed E-state index contributed by atoms with van der Waals surface area (Å²) in [6.07, 6.45) is 3.42. The molecule has 0 spiro atoms. The molecule has 4 atom stereocenters. The highest BCUT2D eigenvalue weighted by atomic mass is 16.5. The summed E-state index contributed by atoms with van der Waals surface area (Å²) in [5.74, 6) is -0.668. The van der Waals surface area contributed by atoms with Gasteiger partial charge in [0.25, 0.3) is 0 Å². The number of aliphatic hydroxyl groups excluding tert-OH is 2. The average Bonchev–Trinajstić information content (AvgIpc) is 3.53. The van der Waals surface area contributed by atoms with Crippen molar-refractivity contribution in [3.05, 3.63) is 59.1 Å². The molecule has 1 aromatic heterocycles. The van der Waals surface area contributed by atoms with Crippen LogP contribution in [0.25, 0.3) is 0 Å². The maximum Gasteiger partial charge on any atom is 0.247 e. The zero-order valence-electron chi connectivity index (χ0n) is 21.0. The molecule has 10 heteroatoms. The molecule has 0 saturated carbocycles. The predicted molar refractivity (Wildman–Crippen MR) is 132 cm³/mol. The molecule has 2 aromatic rings. The van der Waals surface area contributed by atoms with Crippen molar-refractivity contribution in [3.8, 4) is 11.5 Å². The highest BCUT2D eigenvalue weighted by Gasteiger charge is 2.51. The van der Waals surface area contributed by atoms with Gasteiger partial charge in [-0.2, -0.15) is 0 Å². The lowest BCUT2D eigenvalue weighted by Gasteiger charge is -2.40. The number of hydrogen-bond donors (Lipinski definition) is 3. The van der Waals surface area contributed by atoms with E-state index >= 15 is 0 Å². The lowest BCUT2D eigenvalue weighted by Crippen LogP contribution is -2.55. The zero-order valence-corrected chi connectivity index (χ0v) is 21.0. The van der Waals surface area contributed by atoms with E-state index in [1.807, 2.05) is 13.8 Å². The van der Waals surface area contributed by atoms with Crippen LogP contribution in [0.1, 0.15) is 47.7 Å². The van der Waals surface area contributed by atoms with Crippen molar-refractivity contribution in [2.24, 2.45) is 5.92 Å². The highest BCUT2D eigenvalue weighted by molar-refractivity contribution is 5.96. The van der Waals surface area contributed by atoms with Gasteiger partial charge in [-0.1, -0.05) is 13.8 Å². The fourth-order valence-corrected chi connectivity index (χ4v) is 4.96. The van der Waals surface area contributed by atoms with Gasteiger partial charge in [0.2, 0.25) is 11.8 Å². The molecule has 1 aliphatic heterocycles. The summed E-state index contributed by atoms with van der Waals surface area (Å²) in [6, 6.07) is 3.99. The number of aliphatic hydroxyl groups is 2. The minimum Gasteiger partial charge on any atom is -0.493 e. The molecule has 0 bridgehead atoms. The average molecular weight is 513 g/mol. The lowest BCUT2D eigenvalue weighted by atomic mass is 9.77. The van der Waals surface area contributed by atoms with E-state index in [4.69, 9.17) is 13.9 Å². The molecule has 0 saturated heterocycles. The number of methoxy groups -OCH3 is 1. The number of fused-ring (bicyclic) bond motifs is 3. The maximum atomic E-state index is 13.4. The Morgan fingerprint density at radius 1 is 1.30 bits per heavy atom. The van der Waals surface area contributed by atoms with Gasteiger partial charge in [0.05, 0.1) is 38.2 Å². The molecular weight excluding hydrogens is 480 g/mol. The van der Waals surface area contributed by atoms with Gasteiger partial charge >= 0.3 is 0 Å². The minimum atomic E-state index is -1.20. The van der Waals surface area contributed by atoms with Crippen LogP contribution in [0.3, 0.4) is 0 Å². The van der Waals surface area contributed by atoms with Crippen LogP contribution < -0.4 is 14.8 Å². The third kappa shape index (κ3) is 5.26. The maximum absolute atomic E-state index is 13.4. The number of amides is 2. The Hall–Kier alpha value is -3.63. The summed E-state index contributed by atoms with van der Waals surface area (Å²) < 4.78 is 16.8. The van der Waals surface area contributed by atoms with Crippen LogP contribution >= 0.6 is 0 Å². The Bertz CT molecular complexity index is 1170. The van der Waals surface area contributed by atoms with E-state index in [0.717, 1.165) is 5.56 Å². The van der Waals surface area contributed by atoms with E-state index in [-0.39, 0.29) is 43.5 Å². The van der Waals surface area contributed by atoms with Gasteiger partial charge in [0, 0.05) is 41.8 Å². The molecule has 10 nitrogen and oxygen atoms in total. The number of nitrogens with one attached hydrogen (secondary N) is 1. The van der Waals surface area contributed by atoms with Crippen molar-refractivity contribution >= 4 is 18.1 Å². The Morgan fingerprint density at radius 2 is 2.08 bits per heavy atom. The first-order valence-corrected chi connectivity index (χ1v) is 12.2. The monoisotopic (exact) mass is 512 g/mol. The van der Waals surface area contributed by atoms with Crippen LogP contribution in [0.2, 0.25) is 0 Å². The molecule has 0 radical (unpaired) electrons. The van der Waals surface area contributed by atoms with Crippen LogP contribution in [-0.2, 0) is 16.1 Å². The fraction of sp³-hybridized carbons (Fsp3) is 0.444. The van der Waals surface area contributed by atoms with Gasteiger partial charge in [-0.3, -0.25) is 14.4 Å². The van der Waals surface area contributed by atoms with E-state index in [9.17, 15) is 24.6 Å². The van der Waals surface area contributed by atoms with E-state index < -0.39 is 30.1 Å². The normalized spacial score (nSPS) is 21.9. The van der Waals surface area contributed by atoms with Crippen LogP contribution in [0.4, 0.5) is 0 Å². The van der Waals surface area contributed by atoms with Gasteiger partial charge in [-0.05, 0) is 30.2 Å². The van der Waals surface area contributed by atoms with Gasteiger partial charge in [-0.15, -0.1) is 0 Å². The zero-order chi connectivity index (χ0) is 26.7. The first-order valence-electron chi connectivity index (χ1n) is 12.2. The summed E-state index contributed by atoms with van der Waals surface area (Å²) in [6.45, 7) is 3.79. The quantitative estimate of drug-likeness (QED) is 0.410. The lowest BCUT2D eigenvalue weighted by molar-refractivity contribution is -0.138. The Balaban J connectivity index is 1.82. The number of nitrogens with zero attached hydrogens (tertiary/aromatic N) is 1. The van der Waals surface area contributed by atoms with Crippen molar-refractivity contribution in [2.75, 3.05) is 20.3 Å². The van der Waals surface area contributed by atoms with E-state index in [2.05, 4.69) is 5.32 Å². The van der Waals surface area contributed by atoms with Crippen LogP contribution in [0.15, 0.2) is 46.8 Å². The summed E-state index contributed by atoms with van der Waals surface area (Å²) in [5, 5.41) is 23.5. The topological polar surface area (TPSA) is 139 Å². The second kappa shape index (κ2) is 11.2. The van der Waals surface area contributed by atoms with Gasteiger partial charge in [-0.25, -0.2) is 0 Å². The van der Waals surface area contributed by atoms with Crippen LogP contribution in [0, 0.1) is 5.92 Å². The van der Waals surface area contributed by atoms with Gasteiger partial charge < -0.3 is 34.3 Å². The molecular formula is C27H32N2O8. The number of ether oxygens (including phenoxy) is 2. The molecule has 2 aliphatic rings. The predicted octanol–water partition coefficient (Wildman–Crippen LogP) is 1.80. The van der Waals surface area contributed by atoms with Crippen molar-refractivity contribution in [1.82, 2.24) is 10.2 Å². The smallest absolute Gasteiger partial charge is 0.247 e. The standard InChI is InChI=1S/C27H32N2O8/c1-15(2)8-22(32)29(12-16-4-7-36-14-16)20-11-19(27(34)28-5-6-30)23-18-9-17(13-31)10-21(35-3)25(18)37-26(23)24(20)33/h4,7,9-11,13-15,20,23-24,26,30,33H,5-6,8,12H2,1-3H3,(H,28,34)/t20-,23+,24+,26+/m1/s1. The van der Waals surface area contributed by atoms with Crippen LogP contribution in [0.5, 0.6) is 11.5 Å². The molecule has 1 aromatic carbocycles. The molecule has 3 N–H and O–H groups in total. The van der Waals surface area contributed by atoms with Gasteiger partial charge in [0.1, 0.15) is 18.5 Å². The number of benzene rings is 1. The largest absolute Gasteiger partial charge is 0.493 e. The number of rotatable bonds is 10.